The summed E-state index contributed by atoms with van der Waals surface area (Å²) in [6.45, 7) is 5.00. The van der Waals surface area contributed by atoms with Crippen LogP contribution in [-0.2, 0) is 21.3 Å². The lowest BCUT2D eigenvalue weighted by Gasteiger charge is -2.45. The molecule has 9 nitrogen and oxygen atoms in total. The van der Waals surface area contributed by atoms with Crippen LogP contribution in [0.2, 0.25) is 0 Å². The third-order valence-electron chi connectivity index (χ3n) is 4.06. The molecule has 1 aliphatic heterocycles. The Hall–Kier alpha value is -2.04. The molecule has 10 heteroatoms. The summed E-state index contributed by atoms with van der Waals surface area (Å²) in [6.07, 6.45) is -0.578. The second-order valence-corrected chi connectivity index (χ2v) is 9.63. The number of amides is 1. The van der Waals surface area contributed by atoms with Crippen LogP contribution < -0.4 is 14.2 Å². The smallest absolute Gasteiger partial charge is 0.410 e. The van der Waals surface area contributed by atoms with Crippen molar-refractivity contribution in [2.45, 2.75) is 38.5 Å². The molecule has 1 aromatic rings. The van der Waals surface area contributed by atoms with Crippen molar-refractivity contribution >= 4 is 16.1 Å². The predicted octanol–water partition coefficient (Wildman–Crippen LogP) is 1.10. The molecule has 1 fully saturated rings. The molecule has 0 spiro atoms. The topological polar surface area (TPSA) is 114 Å². The summed E-state index contributed by atoms with van der Waals surface area (Å²) in [4.78, 5) is 13.2. The Kier molecular flexibility index (Phi) is 6.47. The van der Waals surface area contributed by atoms with Gasteiger partial charge in [-0.15, -0.1) is 0 Å². The van der Waals surface area contributed by atoms with Gasteiger partial charge in [0.05, 0.1) is 33.1 Å². The number of carbonyl (C=O) groups is 1. The summed E-state index contributed by atoms with van der Waals surface area (Å²) < 4.78 is 42.7. The van der Waals surface area contributed by atoms with Gasteiger partial charge in [-0.2, -0.15) is 0 Å². The molecule has 0 radical (unpaired) electrons. The van der Waals surface area contributed by atoms with Gasteiger partial charge in [-0.05, 0) is 26.8 Å². The van der Waals surface area contributed by atoms with Crippen LogP contribution in [0.3, 0.4) is 0 Å². The highest BCUT2D eigenvalue weighted by atomic mass is 32.2. The molecule has 28 heavy (non-hydrogen) atoms. The molecule has 2 rings (SSSR count). The molecule has 0 saturated carbocycles. The van der Waals surface area contributed by atoms with Crippen LogP contribution in [0.25, 0.3) is 0 Å². The molecule has 158 valence electrons. The van der Waals surface area contributed by atoms with Crippen molar-refractivity contribution in [3.63, 3.8) is 0 Å². The fraction of sp³-hybridized carbons (Fsp3) is 0.611. The van der Waals surface area contributed by atoms with Crippen molar-refractivity contribution in [3.05, 3.63) is 23.8 Å². The second-order valence-electron chi connectivity index (χ2n) is 7.82. The molecule has 1 heterocycles. The summed E-state index contributed by atoms with van der Waals surface area (Å²) in [7, 11) is -0.783. The zero-order valence-corrected chi connectivity index (χ0v) is 17.6. The zero-order chi connectivity index (χ0) is 21.2. The Balaban J connectivity index is 1.92. The van der Waals surface area contributed by atoms with E-state index in [-0.39, 0.29) is 19.6 Å². The molecule has 0 atom stereocenters. The van der Waals surface area contributed by atoms with Crippen LogP contribution in [0.15, 0.2) is 18.2 Å². The molecule has 0 unspecified atom stereocenters. The molecule has 0 aromatic heterocycles. The number of nitrogens with one attached hydrogen (secondary N) is 1. The number of hydrogen-bond acceptors (Lipinski definition) is 7. The maximum Gasteiger partial charge on any atom is 0.410 e. The van der Waals surface area contributed by atoms with Gasteiger partial charge in [-0.25, -0.2) is 17.9 Å². The number of rotatable bonds is 7. The number of carbonyl (C=O) groups excluding carboxylic acids is 1. The molecule has 2 N–H and O–H groups in total. The van der Waals surface area contributed by atoms with Crippen LogP contribution in [0.1, 0.15) is 26.3 Å². The lowest BCUT2D eigenvalue weighted by atomic mass is 9.97. The Bertz CT molecular complexity index is 812. The molecular formula is C18H28N2O7S. The molecule has 1 amide bonds. The van der Waals surface area contributed by atoms with Crippen molar-refractivity contribution in [2.24, 2.45) is 0 Å². The van der Waals surface area contributed by atoms with Crippen molar-refractivity contribution in [1.82, 2.24) is 9.62 Å². The van der Waals surface area contributed by atoms with Crippen LogP contribution in [0.5, 0.6) is 11.5 Å². The summed E-state index contributed by atoms with van der Waals surface area (Å²) in [5.41, 5.74) is -1.54. The first-order valence-electron chi connectivity index (χ1n) is 8.75. The van der Waals surface area contributed by atoms with Crippen molar-refractivity contribution in [2.75, 3.05) is 33.1 Å². The number of likely N-dealkylation sites (tertiary alicyclic amines) is 1. The minimum absolute atomic E-state index is 0.00135. The van der Waals surface area contributed by atoms with Crippen molar-refractivity contribution in [3.8, 4) is 11.5 Å². The third kappa shape index (κ3) is 5.98. The maximum absolute atomic E-state index is 12.4. The normalized spacial score (nSPS) is 16.3. The fourth-order valence-electron chi connectivity index (χ4n) is 2.80. The van der Waals surface area contributed by atoms with Crippen LogP contribution in [-0.4, -0.2) is 68.8 Å². The van der Waals surface area contributed by atoms with Crippen molar-refractivity contribution in [1.29, 1.82) is 0 Å². The summed E-state index contributed by atoms with van der Waals surface area (Å²) in [5, 5.41) is 10.4. The number of benzene rings is 1. The molecule has 0 bridgehead atoms. The monoisotopic (exact) mass is 416 g/mol. The van der Waals surface area contributed by atoms with Gasteiger partial charge in [0.15, 0.2) is 0 Å². The Morgan fingerprint density at radius 1 is 1.25 bits per heavy atom. The van der Waals surface area contributed by atoms with E-state index in [1.54, 1.807) is 39.0 Å². The number of methoxy groups -OCH3 is 2. The minimum Gasteiger partial charge on any atom is -0.497 e. The first-order chi connectivity index (χ1) is 12.9. The van der Waals surface area contributed by atoms with E-state index in [9.17, 15) is 18.3 Å². The summed E-state index contributed by atoms with van der Waals surface area (Å²) in [6, 6.07) is 5.05. The Labute approximate surface area is 165 Å². The molecular weight excluding hydrogens is 388 g/mol. The highest BCUT2D eigenvalue weighted by Gasteiger charge is 2.47. The number of aliphatic hydroxyl groups is 1. The quantitative estimate of drug-likeness (QED) is 0.684. The molecule has 0 aliphatic carbocycles. The number of β-amino-alcohol motifs (C(OH)–C–C–N with tert-alkyl or cyclic N) is 1. The highest BCUT2D eigenvalue weighted by molar-refractivity contribution is 7.89. The molecule has 1 saturated heterocycles. The van der Waals surface area contributed by atoms with E-state index in [0.29, 0.717) is 17.1 Å². The van der Waals surface area contributed by atoms with E-state index in [0.717, 1.165) is 0 Å². The Morgan fingerprint density at radius 3 is 2.43 bits per heavy atom. The number of ether oxygens (including phenoxy) is 3. The van der Waals surface area contributed by atoms with Gasteiger partial charge in [0.25, 0.3) is 0 Å². The van der Waals surface area contributed by atoms with Gasteiger partial charge < -0.3 is 24.2 Å². The number of nitrogens with zero attached hydrogens (tertiary/aromatic N) is 1. The first-order valence-corrected chi connectivity index (χ1v) is 10.4. The average molecular weight is 416 g/mol. The largest absolute Gasteiger partial charge is 0.497 e. The lowest BCUT2D eigenvalue weighted by Crippen LogP contribution is -2.67. The van der Waals surface area contributed by atoms with E-state index < -0.39 is 33.1 Å². The van der Waals surface area contributed by atoms with E-state index in [2.05, 4.69) is 4.72 Å². The van der Waals surface area contributed by atoms with E-state index in [1.165, 1.54) is 19.1 Å². The predicted molar refractivity (Wildman–Crippen MR) is 103 cm³/mol. The molecule has 1 aromatic carbocycles. The molecule has 1 aliphatic rings. The minimum atomic E-state index is -3.79. The van der Waals surface area contributed by atoms with Gasteiger partial charge in [-0.1, -0.05) is 6.07 Å². The zero-order valence-electron chi connectivity index (χ0n) is 16.8. The SMILES string of the molecule is COc1ccc(CNS(=O)(=O)CC2(O)CN(C(=O)OC(C)(C)C)C2)c(OC)c1. The standard InChI is InChI=1S/C18H28N2O7S/c1-17(2,3)27-16(21)20-10-18(22,11-20)12-28(23,24)19-9-13-6-7-14(25-4)8-15(13)26-5/h6-8,19,22H,9-12H2,1-5H3. The average Bonchev–Trinajstić information content (AvgIpc) is 2.55. The lowest BCUT2D eigenvalue weighted by molar-refractivity contribution is -0.0843. The van der Waals surface area contributed by atoms with E-state index in [4.69, 9.17) is 14.2 Å². The summed E-state index contributed by atoms with van der Waals surface area (Å²) >= 11 is 0. The highest BCUT2D eigenvalue weighted by Crippen LogP contribution is 2.26. The fourth-order valence-corrected chi connectivity index (χ4v) is 4.17. The van der Waals surface area contributed by atoms with E-state index >= 15 is 0 Å². The van der Waals surface area contributed by atoms with Crippen LogP contribution in [0.4, 0.5) is 4.79 Å². The van der Waals surface area contributed by atoms with Gasteiger partial charge in [0, 0.05) is 18.2 Å². The van der Waals surface area contributed by atoms with Gasteiger partial charge in [0.1, 0.15) is 22.7 Å². The second kappa shape index (κ2) is 8.14. The van der Waals surface area contributed by atoms with E-state index in [1.807, 2.05) is 0 Å². The number of hydrogen-bond donors (Lipinski definition) is 2. The van der Waals surface area contributed by atoms with Crippen LogP contribution >= 0.6 is 0 Å². The van der Waals surface area contributed by atoms with Gasteiger partial charge in [0.2, 0.25) is 10.0 Å². The first kappa shape index (κ1) is 22.3. The third-order valence-corrected chi connectivity index (χ3v) is 5.56. The van der Waals surface area contributed by atoms with Gasteiger partial charge in [-0.3, -0.25) is 0 Å². The Morgan fingerprint density at radius 2 is 1.89 bits per heavy atom. The van der Waals surface area contributed by atoms with Crippen LogP contribution in [0, 0.1) is 0 Å². The number of sulfonamides is 1. The maximum atomic E-state index is 12.4. The summed E-state index contributed by atoms with van der Waals surface area (Å²) in [5.74, 6) is 0.563. The van der Waals surface area contributed by atoms with Gasteiger partial charge >= 0.3 is 6.09 Å². The van der Waals surface area contributed by atoms with Crippen molar-refractivity contribution < 1.29 is 32.5 Å².